The fourth-order valence-electron chi connectivity index (χ4n) is 5.42. The highest BCUT2D eigenvalue weighted by Gasteiger charge is 2.44. The van der Waals surface area contributed by atoms with Crippen LogP contribution in [0.25, 0.3) is 11.1 Å². The number of fused-ring (bicyclic) bond motifs is 1. The largest absolute Gasteiger partial charge is 0.487 e. The molecule has 1 spiro atoms. The van der Waals surface area contributed by atoms with Crippen molar-refractivity contribution in [3.8, 4) is 16.9 Å². The molecule has 3 aliphatic heterocycles. The maximum absolute atomic E-state index is 12.8. The van der Waals surface area contributed by atoms with E-state index in [1.165, 1.54) is 0 Å². The Kier molecular flexibility index (Phi) is 6.98. The van der Waals surface area contributed by atoms with Crippen LogP contribution in [0.15, 0.2) is 42.5 Å². The first kappa shape index (κ1) is 26.0. The second-order valence-corrected chi connectivity index (χ2v) is 13.6. The molecule has 0 aliphatic carbocycles. The summed E-state index contributed by atoms with van der Waals surface area (Å²) < 4.78 is 39.1. The number of urea groups is 1. The fraction of sp³-hybridized carbons (Fsp3) is 0.536. The Hall–Kier alpha value is -2.62. The van der Waals surface area contributed by atoms with E-state index in [1.54, 1.807) is 9.21 Å². The second-order valence-electron chi connectivity index (χ2n) is 11.6. The summed E-state index contributed by atoms with van der Waals surface area (Å²) in [4.78, 5) is 14.2. The Labute approximate surface area is 220 Å². The van der Waals surface area contributed by atoms with Crippen LogP contribution in [-0.2, 0) is 21.2 Å². The zero-order valence-electron chi connectivity index (χ0n) is 22.0. The lowest BCUT2D eigenvalue weighted by Gasteiger charge is -2.38. The van der Waals surface area contributed by atoms with Crippen LogP contribution < -0.4 is 10.1 Å². The summed E-state index contributed by atoms with van der Waals surface area (Å²) in [7, 11) is -3.27. The Bertz CT molecular complexity index is 1240. The summed E-state index contributed by atoms with van der Waals surface area (Å²) in [5, 5.41) is 2.96. The summed E-state index contributed by atoms with van der Waals surface area (Å²) >= 11 is 0. The number of nitrogens with one attached hydrogen (secondary N) is 1. The highest BCUT2D eigenvalue weighted by Crippen LogP contribution is 2.43. The van der Waals surface area contributed by atoms with Crippen LogP contribution in [0, 0.1) is 5.41 Å². The quantitative estimate of drug-likeness (QED) is 0.638. The van der Waals surface area contributed by atoms with Crippen LogP contribution >= 0.6 is 0 Å². The minimum Gasteiger partial charge on any atom is -0.487 e. The highest BCUT2D eigenvalue weighted by atomic mass is 32.2. The lowest BCUT2D eigenvalue weighted by Crippen LogP contribution is -2.50. The van der Waals surface area contributed by atoms with Gasteiger partial charge in [0, 0.05) is 51.1 Å². The zero-order valence-corrected chi connectivity index (χ0v) is 22.8. The number of anilines is 1. The van der Waals surface area contributed by atoms with Gasteiger partial charge in [-0.3, -0.25) is 0 Å². The Morgan fingerprint density at radius 3 is 2.27 bits per heavy atom. The molecule has 0 unspecified atom stereocenters. The van der Waals surface area contributed by atoms with Gasteiger partial charge in [0.05, 0.1) is 19.0 Å². The van der Waals surface area contributed by atoms with Crippen molar-refractivity contribution < 1.29 is 22.7 Å². The lowest BCUT2D eigenvalue weighted by molar-refractivity contribution is 0.0406. The Morgan fingerprint density at radius 1 is 0.973 bits per heavy atom. The SMILES string of the molecule is CC(C)(C)CS(=O)(=O)N1CCC2(CC1)Cc1cc(-c3ccc(NC(=O)N4CCOCC4)cc3)ccc1O2. The van der Waals surface area contributed by atoms with Gasteiger partial charge in [0.15, 0.2) is 0 Å². The zero-order chi connectivity index (χ0) is 26.3. The van der Waals surface area contributed by atoms with Crippen LogP contribution in [0.2, 0.25) is 0 Å². The third-order valence-corrected chi connectivity index (χ3v) is 9.69. The maximum atomic E-state index is 12.8. The number of amides is 2. The van der Waals surface area contributed by atoms with E-state index in [9.17, 15) is 13.2 Å². The third kappa shape index (κ3) is 5.94. The van der Waals surface area contributed by atoms with Crippen LogP contribution in [0.4, 0.5) is 10.5 Å². The van der Waals surface area contributed by atoms with E-state index in [0.29, 0.717) is 52.2 Å². The summed E-state index contributed by atoms with van der Waals surface area (Å²) in [6.07, 6.45) is 2.17. The molecule has 2 fully saturated rings. The van der Waals surface area contributed by atoms with Crippen LogP contribution in [0.1, 0.15) is 39.2 Å². The molecule has 0 atom stereocenters. The Morgan fingerprint density at radius 2 is 1.62 bits per heavy atom. The smallest absolute Gasteiger partial charge is 0.321 e. The van der Waals surface area contributed by atoms with Crippen molar-refractivity contribution in [1.29, 1.82) is 0 Å². The van der Waals surface area contributed by atoms with E-state index in [4.69, 9.17) is 9.47 Å². The standard InChI is InChI=1S/C28H37N3O5S/c1-27(2,3)20-37(33,34)31-12-10-28(11-13-31)19-23-18-22(6-9-25(23)36-28)21-4-7-24(8-5-21)29-26(32)30-14-16-35-17-15-30/h4-9,18H,10-17,19-20H2,1-3H3,(H,29,32). The number of ether oxygens (including phenoxy) is 2. The second kappa shape index (κ2) is 9.93. The lowest BCUT2D eigenvalue weighted by atomic mass is 9.87. The van der Waals surface area contributed by atoms with Gasteiger partial charge in [-0.2, -0.15) is 0 Å². The van der Waals surface area contributed by atoms with Gasteiger partial charge >= 0.3 is 6.03 Å². The van der Waals surface area contributed by atoms with E-state index < -0.39 is 10.0 Å². The molecule has 5 rings (SSSR count). The molecule has 0 bridgehead atoms. The van der Waals surface area contributed by atoms with Gasteiger partial charge in [0.1, 0.15) is 11.4 Å². The van der Waals surface area contributed by atoms with Gasteiger partial charge in [-0.25, -0.2) is 17.5 Å². The minimum absolute atomic E-state index is 0.103. The van der Waals surface area contributed by atoms with Gasteiger partial charge in [-0.05, 0) is 46.4 Å². The van der Waals surface area contributed by atoms with Gasteiger partial charge in [-0.1, -0.05) is 39.0 Å². The first-order chi connectivity index (χ1) is 17.5. The molecule has 9 heteroatoms. The van der Waals surface area contributed by atoms with Crippen LogP contribution in [0.3, 0.4) is 0 Å². The molecule has 37 heavy (non-hydrogen) atoms. The molecule has 0 radical (unpaired) electrons. The van der Waals surface area contributed by atoms with E-state index >= 15 is 0 Å². The van der Waals surface area contributed by atoms with E-state index in [0.717, 1.165) is 34.5 Å². The molecular weight excluding hydrogens is 490 g/mol. The molecule has 3 aliphatic rings. The van der Waals surface area contributed by atoms with E-state index in [1.807, 2.05) is 51.1 Å². The van der Waals surface area contributed by atoms with Crippen molar-refractivity contribution in [2.45, 2.75) is 45.6 Å². The van der Waals surface area contributed by atoms with E-state index in [-0.39, 0.29) is 22.8 Å². The molecule has 2 saturated heterocycles. The van der Waals surface area contributed by atoms with Crippen molar-refractivity contribution in [3.05, 3.63) is 48.0 Å². The van der Waals surface area contributed by atoms with Crippen LogP contribution in [-0.4, -0.2) is 74.4 Å². The first-order valence-electron chi connectivity index (χ1n) is 13.1. The molecular formula is C28H37N3O5S. The molecule has 8 nitrogen and oxygen atoms in total. The fourth-order valence-corrected chi connectivity index (χ4v) is 7.43. The predicted molar refractivity (Wildman–Crippen MR) is 144 cm³/mol. The van der Waals surface area contributed by atoms with Gasteiger partial charge < -0.3 is 19.7 Å². The average molecular weight is 528 g/mol. The molecule has 2 aromatic carbocycles. The van der Waals surface area contributed by atoms with Gasteiger partial charge in [-0.15, -0.1) is 0 Å². The number of piperidine rings is 1. The number of sulfonamides is 1. The summed E-state index contributed by atoms with van der Waals surface area (Å²) in [5.74, 6) is 1.05. The number of rotatable bonds is 4. The predicted octanol–water partition coefficient (Wildman–Crippen LogP) is 4.36. The van der Waals surface area contributed by atoms with Crippen molar-refractivity contribution >= 4 is 21.7 Å². The molecule has 0 aromatic heterocycles. The van der Waals surface area contributed by atoms with Crippen LogP contribution in [0.5, 0.6) is 5.75 Å². The topological polar surface area (TPSA) is 88.2 Å². The molecule has 200 valence electrons. The van der Waals surface area contributed by atoms with Crippen molar-refractivity contribution in [1.82, 2.24) is 9.21 Å². The van der Waals surface area contributed by atoms with Crippen molar-refractivity contribution in [2.24, 2.45) is 5.41 Å². The number of benzene rings is 2. The number of hydrogen-bond donors (Lipinski definition) is 1. The summed E-state index contributed by atoms with van der Waals surface area (Å²) in [6, 6.07) is 14.0. The molecule has 0 saturated carbocycles. The van der Waals surface area contributed by atoms with E-state index in [2.05, 4.69) is 17.4 Å². The number of morpholine rings is 1. The molecule has 2 amide bonds. The number of carbonyl (C=O) groups excluding carboxylic acids is 1. The molecule has 1 N–H and O–H groups in total. The Balaban J connectivity index is 1.21. The third-order valence-electron chi connectivity index (χ3n) is 7.31. The summed E-state index contributed by atoms with van der Waals surface area (Å²) in [5.41, 5.74) is 3.48. The molecule has 2 aromatic rings. The first-order valence-corrected chi connectivity index (χ1v) is 14.7. The molecule has 3 heterocycles. The maximum Gasteiger partial charge on any atom is 0.321 e. The van der Waals surface area contributed by atoms with Gasteiger partial charge in [0.2, 0.25) is 10.0 Å². The monoisotopic (exact) mass is 527 g/mol. The average Bonchev–Trinajstić information content (AvgIpc) is 3.20. The number of hydrogen-bond acceptors (Lipinski definition) is 5. The number of carbonyl (C=O) groups is 1. The summed E-state index contributed by atoms with van der Waals surface area (Å²) in [6.45, 7) is 9.22. The minimum atomic E-state index is -3.27. The number of nitrogens with zero attached hydrogens (tertiary/aromatic N) is 2. The van der Waals surface area contributed by atoms with Crippen molar-refractivity contribution in [2.75, 3.05) is 50.5 Å². The van der Waals surface area contributed by atoms with Gasteiger partial charge in [0.25, 0.3) is 0 Å². The normalized spacial score (nSPS) is 19.9. The highest BCUT2D eigenvalue weighted by molar-refractivity contribution is 7.89. The van der Waals surface area contributed by atoms with Crippen molar-refractivity contribution in [3.63, 3.8) is 0 Å².